The Hall–Kier alpha value is -1.44. The molecule has 0 aliphatic heterocycles. The average molecular weight is 177 g/mol. The standard InChI is InChI=1S/C9H11N3O/c1-6(13)9(11)8-4-2-3-7(5-10)12-8/h2-4,6,9,13H,11H2,1H3. The number of hydrogen-bond donors (Lipinski definition) is 2. The van der Waals surface area contributed by atoms with Crippen molar-refractivity contribution in [2.45, 2.75) is 19.1 Å². The number of aliphatic hydroxyl groups excluding tert-OH is 1. The Morgan fingerprint density at radius 2 is 2.31 bits per heavy atom. The highest BCUT2D eigenvalue weighted by Crippen LogP contribution is 2.11. The van der Waals surface area contributed by atoms with Crippen LogP contribution in [0.4, 0.5) is 0 Å². The lowest BCUT2D eigenvalue weighted by atomic mass is 10.1. The van der Waals surface area contributed by atoms with Crippen LogP contribution >= 0.6 is 0 Å². The summed E-state index contributed by atoms with van der Waals surface area (Å²) in [6.07, 6.45) is -0.665. The van der Waals surface area contributed by atoms with E-state index < -0.39 is 12.1 Å². The maximum atomic E-state index is 9.19. The van der Waals surface area contributed by atoms with Gasteiger partial charge in [0.25, 0.3) is 0 Å². The summed E-state index contributed by atoms with van der Waals surface area (Å²) < 4.78 is 0. The maximum Gasteiger partial charge on any atom is 0.140 e. The third-order valence-corrected chi connectivity index (χ3v) is 1.75. The van der Waals surface area contributed by atoms with Gasteiger partial charge in [0.2, 0.25) is 0 Å². The lowest BCUT2D eigenvalue weighted by Crippen LogP contribution is -2.24. The minimum Gasteiger partial charge on any atom is -0.391 e. The van der Waals surface area contributed by atoms with Gasteiger partial charge in [-0.1, -0.05) is 6.07 Å². The molecule has 0 spiro atoms. The summed E-state index contributed by atoms with van der Waals surface area (Å²) in [6, 6.07) is 6.36. The Balaban J connectivity index is 2.96. The Morgan fingerprint density at radius 3 is 2.85 bits per heavy atom. The van der Waals surface area contributed by atoms with Crippen molar-refractivity contribution in [1.82, 2.24) is 4.98 Å². The van der Waals surface area contributed by atoms with Crippen LogP contribution in [-0.2, 0) is 0 Å². The predicted molar refractivity (Wildman–Crippen MR) is 47.6 cm³/mol. The third-order valence-electron chi connectivity index (χ3n) is 1.75. The summed E-state index contributed by atoms with van der Waals surface area (Å²) in [4.78, 5) is 3.97. The summed E-state index contributed by atoms with van der Waals surface area (Å²) in [5.41, 5.74) is 6.49. The van der Waals surface area contributed by atoms with Crippen LogP contribution in [0.25, 0.3) is 0 Å². The van der Waals surface area contributed by atoms with E-state index in [0.717, 1.165) is 0 Å². The van der Waals surface area contributed by atoms with Crippen molar-refractivity contribution in [1.29, 1.82) is 5.26 Å². The van der Waals surface area contributed by atoms with Crippen LogP contribution in [0, 0.1) is 11.3 Å². The van der Waals surface area contributed by atoms with Gasteiger partial charge in [-0.25, -0.2) is 4.98 Å². The highest BCUT2D eigenvalue weighted by Gasteiger charge is 2.13. The van der Waals surface area contributed by atoms with E-state index in [1.54, 1.807) is 25.1 Å². The van der Waals surface area contributed by atoms with E-state index in [9.17, 15) is 5.11 Å². The highest BCUT2D eigenvalue weighted by atomic mass is 16.3. The molecule has 0 saturated heterocycles. The van der Waals surface area contributed by atoms with E-state index in [1.807, 2.05) is 6.07 Å². The monoisotopic (exact) mass is 177 g/mol. The Morgan fingerprint density at radius 1 is 1.62 bits per heavy atom. The molecule has 68 valence electrons. The van der Waals surface area contributed by atoms with Crippen LogP contribution in [0.5, 0.6) is 0 Å². The maximum absolute atomic E-state index is 9.19. The van der Waals surface area contributed by atoms with Crippen molar-refractivity contribution in [3.8, 4) is 6.07 Å². The molecule has 0 radical (unpaired) electrons. The van der Waals surface area contributed by atoms with Crippen molar-refractivity contribution in [2.75, 3.05) is 0 Å². The fourth-order valence-corrected chi connectivity index (χ4v) is 0.947. The van der Waals surface area contributed by atoms with Crippen molar-refractivity contribution in [3.05, 3.63) is 29.6 Å². The number of nitrogens with two attached hydrogens (primary N) is 1. The molecule has 4 heteroatoms. The lowest BCUT2D eigenvalue weighted by molar-refractivity contribution is 0.162. The van der Waals surface area contributed by atoms with Gasteiger partial charge in [0.05, 0.1) is 17.8 Å². The molecule has 2 unspecified atom stereocenters. The minimum atomic E-state index is -0.665. The van der Waals surface area contributed by atoms with Crippen LogP contribution in [-0.4, -0.2) is 16.2 Å². The molecule has 0 aliphatic carbocycles. The molecule has 0 fully saturated rings. The molecule has 0 aromatic carbocycles. The van der Waals surface area contributed by atoms with Gasteiger partial charge in [0, 0.05) is 0 Å². The topological polar surface area (TPSA) is 82.9 Å². The molecule has 1 heterocycles. The molecular weight excluding hydrogens is 166 g/mol. The zero-order valence-electron chi connectivity index (χ0n) is 7.31. The van der Waals surface area contributed by atoms with Crippen LogP contribution in [0.3, 0.4) is 0 Å². The summed E-state index contributed by atoms with van der Waals surface area (Å²) in [5.74, 6) is 0. The Labute approximate surface area is 76.6 Å². The van der Waals surface area contributed by atoms with Crippen LogP contribution in [0.15, 0.2) is 18.2 Å². The van der Waals surface area contributed by atoms with Gasteiger partial charge in [-0.15, -0.1) is 0 Å². The molecule has 1 rings (SSSR count). The van der Waals surface area contributed by atoms with E-state index in [1.165, 1.54) is 0 Å². The normalized spacial score (nSPS) is 14.6. The summed E-state index contributed by atoms with van der Waals surface area (Å²) >= 11 is 0. The Kier molecular flexibility index (Phi) is 2.96. The van der Waals surface area contributed by atoms with Crippen LogP contribution in [0.1, 0.15) is 24.4 Å². The minimum absolute atomic E-state index is 0.314. The van der Waals surface area contributed by atoms with Gasteiger partial charge >= 0.3 is 0 Å². The van der Waals surface area contributed by atoms with Gasteiger partial charge < -0.3 is 10.8 Å². The second-order valence-corrected chi connectivity index (χ2v) is 2.83. The number of nitrogens with zero attached hydrogens (tertiary/aromatic N) is 2. The molecule has 0 saturated carbocycles. The van der Waals surface area contributed by atoms with Crippen molar-refractivity contribution in [2.24, 2.45) is 5.73 Å². The van der Waals surface area contributed by atoms with Crippen molar-refractivity contribution in [3.63, 3.8) is 0 Å². The zero-order valence-corrected chi connectivity index (χ0v) is 7.31. The first-order valence-electron chi connectivity index (χ1n) is 3.96. The van der Waals surface area contributed by atoms with Crippen LogP contribution in [0.2, 0.25) is 0 Å². The second kappa shape index (κ2) is 3.99. The average Bonchev–Trinajstić information content (AvgIpc) is 2.16. The molecule has 0 bridgehead atoms. The highest BCUT2D eigenvalue weighted by molar-refractivity contribution is 5.23. The van der Waals surface area contributed by atoms with E-state index in [4.69, 9.17) is 11.0 Å². The molecule has 0 aliphatic rings. The summed E-state index contributed by atoms with van der Waals surface area (Å²) in [5, 5.41) is 17.8. The number of nitriles is 1. The lowest BCUT2D eigenvalue weighted by Gasteiger charge is -2.13. The van der Waals surface area contributed by atoms with Crippen LogP contribution < -0.4 is 5.73 Å². The van der Waals surface area contributed by atoms with E-state index >= 15 is 0 Å². The Bertz CT molecular complexity index is 330. The van der Waals surface area contributed by atoms with E-state index in [-0.39, 0.29) is 0 Å². The molecule has 1 aromatic rings. The molecule has 1 aromatic heterocycles. The van der Waals surface area contributed by atoms with Gasteiger partial charge in [0.1, 0.15) is 11.8 Å². The molecule has 13 heavy (non-hydrogen) atoms. The number of hydrogen-bond acceptors (Lipinski definition) is 4. The first-order valence-corrected chi connectivity index (χ1v) is 3.96. The van der Waals surface area contributed by atoms with E-state index in [2.05, 4.69) is 4.98 Å². The van der Waals surface area contributed by atoms with Gasteiger partial charge in [-0.3, -0.25) is 0 Å². The fraction of sp³-hybridized carbons (Fsp3) is 0.333. The number of pyridine rings is 1. The smallest absolute Gasteiger partial charge is 0.140 e. The molecule has 0 amide bonds. The van der Waals surface area contributed by atoms with Crippen molar-refractivity contribution >= 4 is 0 Å². The molecule has 4 nitrogen and oxygen atoms in total. The van der Waals surface area contributed by atoms with Gasteiger partial charge in [0.15, 0.2) is 0 Å². The number of aromatic nitrogens is 1. The SMILES string of the molecule is CC(O)C(N)c1cccc(C#N)n1. The quantitative estimate of drug-likeness (QED) is 0.682. The van der Waals surface area contributed by atoms with Gasteiger partial charge in [-0.2, -0.15) is 5.26 Å². The first kappa shape index (κ1) is 9.65. The summed E-state index contributed by atoms with van der Waals surface area (Å²) in [6.45, 7) is 1.59. The summed E-state index contributed by atoms with van der Waals surface area (Å²) in [7, 11) is 0. The van der Waals surface area contributed by atoms with E-state index in [0.29, 0.717) is 11.4 Å². The predicted octanol–water partition coefficient (Wildman–Crippen LogP) is 0.334. The fourth-order valence-electron chi connectivity index (χ4n) is 0.947. The third kappa shape index (κ3) is 2.25. The number of aliphatic hydroxyl groups is 1. The largest absolute Gasteiger partial charge is 0.391 e. The van der Waals surface area contributed by atoms with Crippen molar-refractivity contribution < 1.29 is 5.11 Å². The molecule has 3 N–H and O–H groups in total. The van der Waals surface area contributed by atoms with Gasteiger partial charge in [-0.05, 0) is 19.1 Å². The molecular formula is C9H11N3O. The first-order chi connectivity index (χ1) is 6.15. The second-order valence-electron chi connectivity index (χ2n) is 2.83. The number of rotatable bonds is 2. The molecule has 2 atom stereocenters. The zero-order chi connectivity index (χ0) is 9.84.